The molecule has 2 aliphatic carbocycles. The van der Waals surface area contributed by atoms with E-state index in [4.69, 9.17) is 14.6 Å². The minimum absolute atomic E-state index is 0.0146. The van der Waals surface area contributed by atoms with Gasteiger partial charge in [-0.05, 0) is 98.2 Å². The van der Waals surface area contributed by atoms with E-state index in [2.05, 4.69) is 70.5 Å². The number of alkyl halides is 2. The van der Waals surface area contributed by atoms with E-state index in [0.29, 0.717) is 71.8 Å². The summed E-state index contributed by atoms with van der Waals surface area (Å²) in [5, 5.41) is 22.3. The summed E-state index contributed by atoms with van der Waals surface area (Å²) in [6.07, 6.45) is 6.87. The number of amides is 2. The van der Waals surface area contributed by atoms with Crippen molar-refractivity contribution in [3.8, 4) is 40.5 Å². The minimum Gasteiger partial charge on any atom is -0.495 e. The van der Waals surface area contributed by atoms with E-state index in [9.17, 15) is 23.6 Å². The van der Waals surface area contributed by atoms with Gasteiger partial charge in [0.15, 0.2) is 5.82 Å². The molecular weight excluding hydrogens is 901 g/mol. The Morgan fingerprint density at radius 3 is 2.35 bits per heavy atom. The lowest BCUT2D eigenvalue weighted by molar-refractivity contribution is -0.164. The van der Waals surface area contributed by atoms with Gasteiger partial charge in [0.05, 0.1) is 31.5 Å². The van der Waals surface area contributed by atoms with E-state index in [1.807, 2.05) is 35.2 Å². The van der Waals surface area contributed by atoms with Crippen molar-refractivity contribution in [3.05, 3.63) is 106 Å². The molecule has 15 heteroatoms. The monoisotopic (exact) mass is 963 g/mol. The largest absolute Gasteiger partial charge is 0.495 e. The predicted molar refractivity (Wildman–Crippen MR) is 267 cm³/mol. The van der Waals surface area contributed by atoms with Crippen LogP contribution in [0.2, 0.25) is 0 Å². The van der Waals surface area contributed by atoms with Crippen LogP contribution in [0.4, 0.5) is 20.3 Å². The fourth-order valence-corrected chi connectivity index (χ4v) is 12.5. The van der Waals surface area contributed by atoms with Crippen LogP contribution >= 0.6 is 0 Å². The zero-order valence-corrected chi connectivity index (χ0v) is 41.8. The molecule has 10 rings (SSSR count). The van der Waals surface area contributed by atoms with E-state index in [1.54, 1.807) is 55.3 Å². The van der Waals surface area contributed by atoms with Crippen LogP contribution in [0.25, 0.3) is 11.1 Å². The van der Waals surface area contributed by atoms with Gasteiger partial charge in [-0.1, -0.05) is 39.5 Å². The molecule has 0 spiro atoms. The van der Waals surface area contributed by atoms with Crippen molar-refractivity contribution < 1.29 is 27.8 Å². The molecule has 1 saturated heterocycles. The van der Waals surface area contributed by atoms with Crippen molar-refractivity contribution in [3.63, 3.8) is 0 Å². The smallest absolute Gasteiger partial charge is 0.264 e. The Morgan fingerprint density at radius 1 is 0.944 bits per heavy atom. The number of likely N-dealkylation sites (tertiary alicyclic amines) is 1. The number of rotatable bonds is 10. The number of ether oxygens (including phenoxy) is 2. The molecule has 370 valence electrons. The van der Waals surface area contributed by atoms with Gasteiger partial charge < -0.3 is 29.5 Å². The Labute approximate surface area is 415 Å². The molecule has 1 N–H and O–H groups in total. The van der Waals surface area contributed by atoms with Crippen LogP contribution in [0.15, 0.2) is 67.0 Å². The molecule has 3 aliphatic heterocycles. The number of nitrogens with zero attached hydrogens (tertiary/aromatic N) is 8. The Hall–Kier alpha value is -6.71. The molecular formula is C56H63F2N9O4. The lowest BCUT2D eigenvalue weighted by Gasteiger charge is -2.63. The van der Waals surface area contributed by atoms with E-state index in [0.717, 1.165) is 85.5 Å². The van der Waals surface area contributed by atoms with Crippen molar-refractivity contribution >= 4 is 23.3 Å². The number of anilines is 2. The zero-order valence-electron chi connectivity index (χ0n) is 41.8. The number of methoxy groups -OCH3 is 1. The van der Waals surface area contributed by atoms with Gasteiger partial charge in [-0.25, -0.2) is 8.78 Å². The Morgan fingerprint density at radius 2 is 1.69 bits per heavy atom. The van der Waals surface area contributed by atoms with Gasteiger partial charge in [0.1, 0.15) is 23.7 Å². The minimum atomic E-state index is -2.66. The molecule has 5 heterocycles. The quantitative estimate of drug-likeness (QED) is 0.136. The number of halogens is 2. The highest BCUT2D eigenvalue weighted by atomic mass is 19.3. The highest BCUT2D eigenvalue weighted by Gasteiger charge is 2.64. The van der Waals surface area contributed by atoms with Crippen LogP contribution in [-0.4, -0.2) is 92.7 Å². The SMILES string of the molecule is COc1cc(OC2C(C)(C)C(NC(=O)c3ccc(C#CC4CC(N5CCC(n6nc(N7CCCc8cc(-c9cnn(C)c9)c(C(F)F)cc87)c7c6CCN(C(C)=O)C7)CC5)C4)cc3)C2(C)C)ccc1C#N. The van der Waals surface area contributed by atoms with Crippen LogP contribution in [-0.2, 0) is 31.2 Å². The third-order valence-electron chi connectivity index (χ3n) is 16.1. The molecule has 5 aromatic rings. The fourth-order valence-electron chi connectivity index (χ4n) is 12.5. The number of hydrogen-bond donors (Lipinski definition) is 1. The van der Waals surface area contributed by atoms with Gasteiger partial charge in [-0.2, -0.15) is 15.5 Å². The van der Waals surface area contributed by atoms with Crippen molar-refractivity contribution in [1.29, 1.82) is 5.26 Å². The number of nitriles is 1. The van der Waals surface area contributed by atoms with Gasteiger partial charge in [0.25, 0.3) is 12.3 Å². The summed E-state index contributed by atoms with van der Waals surface area (Å²) in [4.78, 5) is 32.9. The second-order valence-corrected chi connectivity index (χ2v) is 21.4. The molecule has 71 heavy (non-hydrogen) atoms. The number of carbonyl (C=O) groups excluding carboxylic acids is 2. The van der Waals surface area contributed by atoms with Crippen LogP contribution in [0.5, 0.6) is 11.5 Å². The summed E-state index contributed by atoms with van der Waals surface area (Å²) in [5.41, 5.74) is 6.32. The number of hydrogen-bond acceptors (Lipinski definition) is 9. The molecule has 5 aliphatic rings. The second-order valence-electron chi connectivity index (χ2n) is 21.4. The summed E-state index contributed by atoms with van der Waals surface area (Å²) in [6, 6.07) is 19.0. The van der Waals surface area contributed by atoms with Crippen LogP contribution < -0.4 is 19.7 Å². The number of carbonyl (C=O) groups is 2. The summed E-state index contributed by atoms with van der Waals surface area (Å²) in [5.74, 6) is 8.93. The predicted octanol–water partition coefficient (Wildman–Crippen LogP) is 9.17. The number of fused-ring (bicyclic) bond motifs is 2. The van der Waals surface area contributed by atoms with Crippen LogP contribution in [0.1, 0.15) is 123 Å². The summed E-state index contributed by atoms with van der Waals surface area (Å²) in [7, 11) is 3.32. The van der Waals surface area contributed by atoms with E-state index >= 15 is 0 Å². The fraction of sp³-hybridized carbons (Fsp3) is 0.482. The number of aromatic nitrogens is 4. The highest BCUT2D eigenvalue weighted by molar-refractivity contribution is 5.94. The Kier molecular flexibility index (Phi) is 12.7. The van der Waals surface area contributed by atoms with E-state index < -0.39 is 6.43 Å². The molecule has 2 aromatic heterocycles. The maximum absolute atomic E-state index is 14.8. The average molecular weight is 964 g/mol. The van der Waals surface area contributed by atoms with Crippen LogP contribution in [0.3, 0.4) is 0 Å². The molecule has 2 saturated carbocycles. The summed E-state index contributed by atoms with van der Waals surface area (Å²) >= 11 is 0. The molecule has 13 nitrogen and oxygen atoms in total. The third-order valence-corrected chi connectivity index (χ3v) is 16.1. The molecule has 0 bridgehead atoms. The van der Waals surface area contributed by atoms with Crippen molar-refractivity contribution in [2.75, 3.05) is 38.2 Å². The van der Waals surface area contributed by atoms with Crippen molar-refractivity contribution in [1.82, 2.24) is 34.7 Å². The van der Waals surface area contributed by atoms with Crippen molar-refractivity contribution in [2.45, 2.75) is 117 Å². The maximum Gasteiger partial charge on any atom is 0.264 e. The first-order valence-electron chi connectivity index (χ1n) is 25.0. The van der Waals surface area contributed by atoms with Crippen molar-refractivity contribution in [2.24, 2.45) is 23.8 Å². The summed E-state index contributed by atoms with van der Waals surface area (Å²) < 4.78 is 45.2. The standard InChI is InChI=1S/C56H63F2N9O4/c1-34(68)65-24-20-47-46(33-65)51(66-21-8-9-38-27-44(40-31-60-63(6)32-40)45(50(57)58)29-48(38)66)62-67(47)41-18-22-64(23-19-41)42-25-36(26-42)11-10-35-12-14-37(15-13-35)52(69)61-53-55(2,3)54(56(53,4)5)71-43-17-16-39(30-59)49(28-43)70-7/h12-17,27-29,31-32,36,41-42,50,53-54H,8-9,18-26,33H2,1-7H3,(H,61,69). The molecule has 3 aromatic carbocycles. The van der Waals surface area contributed by atoms with Gasteiger partial charge in [-0.15, -0.1) is 0 Å². The van der Waals surface area contributed by atoms with Gasteiger partial charge >= 0.3 is 0 Å². The summed E-state index contributed by atoms with van der Waals surface area (Å²) in [6.45, 7) is 13.7. The van der Waals surface area contributed by atoms with Crippen LogP contribution in [0, 0.1) is 39.9 Å². The van der Waals surface area contributed by atoms with Gasteiger partial charge in [0.2, 0.25) is 5.91 Å². The topological polar surface area (TPSA) is 134 Å². The van der Waals surface area contributed by atoms with E-state index in [-0.39, 0.29) is 46.4 Å². The number of benzene rings is 3. The molecule has 2 amide bonds. The molecule has 0 unspecified atom stereocenters. The Bertz CT molecular complexity index is 2950. The first-order chi connectivity index (χ1) is 34.0. The van der Waals surface area contributed by atoms with E-state index in [1.165, 1.54) is 7.11 Å². The lowest BCUT2D eigenvalue weighted by atomic mass is 9.49. The zero-order chi connectivity index (χ0) is 49.9. The first-order valence-corrected chi connectivity index (χ1v) is 25.0. The third kappa shape index (κ3) is 8.92. The second kappa shape index (κ2) is 18.8. The average Bonchev–Trinajstić information content (AvgIpc) is 3.97. The number of piperidine rings is 1. The van der Waals surface area contributed by atoms with Gasteiger partial charge in [0, 0.05) is 127 Å². The molecule has 3 fully saturated rings. The first kappa shape index (κ1) is 47.9. The normalized spacial score (nSPS) is 22.5. The van der Waals surface area contributed by atoms with Gasteiger partial charge in [-0.3, -0.25) is 19.0 Å². The molecule has 0 radical (unpaired) electrons. The number of aryl methyl sites for hydroxylation is 2. The molecule has 0 atom stereocenters. The Balaban J connectivity index is 0.753. The lowest BCUT2D eigenvalue weighted by Crippen LogP contribution is -2.74. The highest BCUT2D eigenvalue weighted by Crippen LogP contribution is 2.56. The maximum atomic E-state index is 14.8. The number of nitrogens with one attached hydrogen (secondary N) is 1.